The highest BCUT2D eigenvalue weighted by Crippen LogP contribution is 2.58. The fraction of sp³-hybridized carbons (Fsp3) is 0.100. The first-order valence-corrected chi connectivity index (χ1v) is 21.5. The van der Waals surface area contributed by atoms with Gasteiger partial charge in [-0.15, -0.1) is 0 Å². The second-order valence-corrected chi connectivity index (χ2v) is 17.6. The van der Waals surface area contributed by atoms with Crippen LogP contribution in [0.3, 0.4) is 0 Å². The lowest BCUT2D eigenvalue weighted by Gasteiger charge is -2.33. The zero-order chi connectivity index (χ0) is 41.3. The quantitative estimate of drug-likeness (QED) is 0.156. The van der Waals surface area contributed by atoms with Crippen LogP contribution in [0.25, 0.3) is 66.8 Å². The normalized spacial score (nSPS) is 13.8. The number of benzene rings is 9. The van der Waals surface area contributed by atoms with Gasteiger partial charge in [-0.1, -0.05) is 222 Å². The van der Waals surface area contributed by atoms with Gasteiger partial charge >= 0.3 is 0 Å². The molecule has 0 aliphatic heterocycles. The van der Waals surface area contributed by atoms with Crippen LogP contribution in [0.4, 0.5) is 17.1 Å². The lowest BCUT2D eigenvalue weighted by atomic mass is 9.82. The smallest absolute Gasteiger partial charge is 0.0547 e. The van der Waals surface area contributed by atoms with Crippen molar-refractivity contribution in [3.8, 4) is 66.8 Å². The summed E-state index contributed by atoms with van der Waals surface area (Å²) in [7, 11) is 0. The van der Waals surface area contributed by atoms with Crippen molar-refractivity contribution in [1.82, 2.24) is 0 Å². The topological polar surface area (TPSA) is 3.24 Å². The number of hydrogen-bond acceptors (Lipinski definition) is 1. The number of rotatable bonds is 7. The first-order chi connectivity index (χ1) is 29.8. The lowest BCUT2D eigenvalue weighted by molar-refractivity contribution is 0.660. The van der Waals surface area contributed by atoms with Crippen molar-refractivity contribution in [2.24, 2.45) is 0 Å². The summed E-state index contributed by atoms with van der Waals surface area (Å²) in [5, 5.41) is 0. The maximum atomic E-state index is 2.60. The van der Waals surface area contributed by atoms with E-state index in [1.807, 2.05) is 0 Å². The molecule has 2 aliphatic carbocycles. The molecule has 1 nitrogen and oxygen atoms in total. The van der Waals surface area contributed by atoms with Gasteiger partial charge in [0.2, 0.25) is 0 Å². The van der Waals surface area contributed by atoms with E-state index in [1.165, 1.54) is 94.7 Å². The molecule has 9 aromatic rings. The number of hydrogen-bond donors (Lipinski definition) is 0. The van der Waals surface area contributed by atoms with Crippen LogP contribution >= 0.6 is 0 Å². The Balaban J connectivity index is 1.27. The molecule has 61 heavy (non-hydrogen) atoms. The van der Waals surface area contributed by atoms with E-state index in [4.69, 9.17) is 0 Å². The van der Waals surface area contributed by atoms with Crippen molar-refractivity contribution < 1.29 is 0 Å². The Bertz CT molecular complexity index is 3130. The lowest BCUT2D eigenvalue weighted by Crippen LogP contribution is -2.17. The maximum absolute atomic E-state index is 2.60. The number of anilines is 3. The molecular formula is C60H47N. The maximum Gasteiger partial charge on any atom is 0.0547 e. The molecule has 0 fully saturated rings. The average Bonchev–Trinajstić information content (AvgIpc) is 3.70. The number of fused-ring (bicyclic) bond motifs is 6. The Morgan fingerprint density at radius 2 is 0.623 bits per heavy atom. The van der Waals surface area contributed by atoms with Crippen LogP contribution in [0, 0.1) is 0 Å². The molecule has 292 valence electrons. The third kappa shape index (κ3) is 5.68. The molecule has 1 heteroatoms. The molecule has 0 unspecified atom stereocenters. The fourth-order valence-electron chi connectivity index (χ4n) is 10.6. The fourth-order valence-corrected chi connectivity index (χ4v) is 10.6. The van der Waals surface area contributed by atoms with Crippen molar-refractivity contribution in [3.63, 3.8) is 0 Å². The largest absolute Gasteiger partial charge is 0.309 e. The summed E-state index contributed by atoms with van der Waals surface area (Å²) in [4.78, 5) is 2.60. The molecule has 0 saturated heterocycles. The summed E-state index contributed by atoms with van der Waals surface area (Å²) in [6.45, 7) is 9.50. The SMILES string of the molecule is CC1(C)c2ccccc2-c2c(-c3ccccc3N(c3cccc(-c4ccccc4)c3-c3ccccc3-c3ccccc3)c3cccc4c3-c3ccccc3C4(C)C)cccc21. The first-order valence-electron chi connectivity index (χ1n) is 21.5. The van der Waals surface area contributed by atoms with Gasteiger partial charge in [-0.05, 0) is 90.5 Å². The van der Waals surface area contributed by atoms with Crippen molar-refractivity contribution in [1.29, 1.82) is 0 Å². The van der Waals surface area contributed by atoms with Crippen LogP contribution in [0.5, 0.6) is 0 Å². The summed E-state index contributed by atoms with van der Waals surface area (Å²) in [6, 6.07) is 78.7. The molecule has 0 atom stereocenters. The standard InChI is InChI=1S/C60H47N/c1-59(2)49-33-16-13-29-47(49)56-46(32-19-35-51(56)59)44-27-15-18-37-53(44)61(55-39-21-36-52-58(55)48-30-14-17-34-50(48)60(52,3)4)54-38-20-31-43(41-24-9-6-10-25-41)57(54)45-28-12-11-26-42(45)40-22-7-5-8-23-40/h5-39H,1-4H3. The highest BCUT2D eigenvalue weighted by atomic mass is 15.2. The van der Waals surface area contributed by atoms with Gasteiger partial charge in [0.1, 0.15) is 0 Å². The third-order valence-corrected chi connectivity index (χ3v) is 13.5. The van der Waals surface area contributed by atoms with E-state index in [9.17, 15) is 0 Å². The van der Waals surface area contributed by atoms with E-state index in [-0.39, 0.29) is 10.8 Å². The van der Waals surface area contributed by atoms with Gasteiger partial charge in [0.05, 0.1) is 17.1 Å². The molecule has 0 radical (unpaired) electrons. The minimum atomic E-state index is -0.169. The van der Waals surface area contributed by atoms with E-state index in [2.05, 4.69) is 245 Å². The molecule has 0 N–H and O–H groups in total. The minimum Gasteiger partial charge on any atom is -0.309 e. The van der Waals surface area contributed by atoms with Crippen LogP contribution in [-0.2, 0) is 10.8 Å². The number of nitrogens with zero attached hydrogens (tertiary/aromatic N) is 1. The van der Waals surface area contributed by atoms with E-state index < -0.39 is 0 Å². The Kier molecular flexibility index (Phi) is 8.58. The summed E-state index contributed by atoms with van der Waals surface area (Å²) in [6.07, 6.45) is 0. The summed E-state index contributed by atoms with van der Waals surface area (Å²) >= 11 is 0. The predicted molar refractivity (Wildman–Crippen MR) is 258 cm³/mol. The molecule has 0 bridgehead atoms. The summed E-state index contributed by atoms with van der Waals surface area (Å²) in [5.74, 6) is 0. The monoisotopic (exact) mass is 781 g/mol. The van der Waals surface area contributed by atoms with Gasteiger partial charge in [-0.25, -0.2) is 0 Å². The Labute approximate surface area is 360 Å². The predicted octanol–water partition coefficient (Wildman–Crippen LogP) is 16.4. The van der Waals surface area contributed by atoms with Crippen molar-refractivity contribution in [3.05, 3.63) is 235 Å². The second kappa shape index (κ2) is 14.2. The van der Waals surface area contributed by atoms with E-state index in [0.717, 1.165) is 11.4 Å². The summed E-state index contributed by atoms with van der Waals surface area (Å²) in [5.41, 5.74) is 23.4. The molecule has 0 heterocycles. The van der Waals surface area contributed by atoms with Gasteiger partial charge in [-0.3, -0.25) is 0 Å². The Hall–Kier alpha value is -7.22. The van der Waals surface area contributed by atoms with Crippen molar-refractivity contribution in [2.75, 3.05) is 4.90 Å². The van der Waals surface area contributed by atoms with Crippen LogP contribution in [0.1, 0.15) is 49.9 Å². The van der Waals surface area contributed by atoms with E-state index >= 15 is 0 Å². The number of para-hydroxylation sites is 1. The molecular weight excluding hydrogens is 735 g/mol. The van der Waals surface area contributed by atoms with Gasteiger partial charge in [-0.2, -0.15) is 0 Å². The van der Waals surface area contributed by atoms with Crippen LogP contribution in [0.2, 0.25) is 0 Å². The third-order valence-electron chi connectivity index (χ3n) is 13.5. The Morgan fingerprint density at radius 1 is 0.246 bits per heavy atom. The minimum absolute atomic E-state index is 0.121. The highest BCUT2D eigenvalue weighted by molar-refractivity contribution is 6.06. The van der Waals surface area contributed by atoms with Crippen molar-refractivity contribution >= 4 is 17.1 Å². The van der Waals surface area contributed by atoms with E-state index in [1.54, 1.807) is 0 Å². The molecule has 0 amide bonds. The van der Waals surface area contributed by atoms with E-state index in [0.29, 0.717) is 0 Å². The van der Waals surface area contributed by atoms with Gasteiger partial charge < -0.3 is 4.90 Å². The van der Waals surface area contributed by atoms with Gasteiger partial charge in [0.15, 0.2) is 0 Å². The zero-order valence-corrected chi connectivity index (χ0v) is 35.2. The molecule has 0 spiro atoms. The molecule has 2 aliphatic rings. The molecule has 9 aromatic carbocycles. The van der Waals surface area contributed by atoms with Crippen LogP contribution < -0.4 is 4.90 Å². The van der Waals surface area contributed by atoms with Crippen LogP contribution in [0.15, 0.2) is 212 Å². The molecule has 0 aromatic heterocycles. The van der Waals surface area contributed by atoms with Crippen molar-refractivity contribution in [2.45, 2.75) is 38.5 Å². The van der Waals surface area contributed by atoms with Gasteiger partial charge in [0.25, 0.3) is 0 Å². The zero-order valence-electron chi connectivity index (χ0n) is 35.2. The molecule has 11 rings (SSSR count). The first kappa shape index (κ1) is 36.8. The Morgan fingerprint density at radius 3 is 1.26 bits per heavy atom. The summed E-state index contributed by atoms with van der Waals surface area (Å²) < 4.78 is 0. The average molecular weight is 782 g/mol. The van der Waals surface area contributed by atoms with Gasteiger partial charge in [0, 0.05) is 27.5 Å². The molecule has 0 saturated carbocycles. The van der Waals surface area contributed by atoms with Crippen LogP contribution in [-0.4, -0.2) is 0 Å². The highest BCUT2D eigenvalue weighted by Gasteiger charge is 2.40. The second-order valence-electron chi connectivity index (χ2n) is 17.6.